The van der Waals surface area contributed by atoms with Crippen LogP contribution in [-0.2, 0) is 5.41 Å². The third kappa shape index (κ3) is 3.24. The van der Waals surface area contributed by atoms with Crippen LogP contribution in [-0.4, -0.2) is 12.2 Å². The first-order valence-electron chi connectivity index (χ1n) is 6.95. The third-order valence-corrected chi connectivity index (χ3v) is 3.55. The molecule has 1 N–H and O–H groups in total. The number of benzene rings is 2. The largest absolute Gasteiger partial charge is 0.494 e. The highest BCUT2D eigenvalue weighted by atomic mass is 19.1. The average Bonchev–Trinajstić information content (AvgIpc) is 2.45. The zero-order chi connectivity index (χ0) is 15.6. The summed E-state index contributed by atoms with van der Waals surface area (Å²) in [6.07, 6.45) is -0.860. The van der Waals surface area contributed by atoms with Crippen LogP contribution >= 0.6 is 0 Å². The first kappa shape index (κ1) is 15.5. The Morgan fingerprint density at radius 1 is 1.10 bits per heavy atom. The van der Waals surface area contributed by atoms with Crippen molar-refractivity contribution in [3.8, 4) is 5.75 Å². The number of hydrogen-bond acceptors (Lipinski definition) is 2. The number of aliphatic hydroxyl groups excluding tert-OH is 1. The summed E-state index contributed by atoms with van der Waals surface area (Å²) in [6, 6.07) is 12.3. The minimum atomic E-state index is -0.860. The monoisotopic (exact) mass is 288 g/mol. The molecule has 21 heavy (non-hydrogen) atoms. The van der Waals surface area contributed by atoms with E-state index in [9.17, 15) is 9.50 Å². The second-order valence-electron chi connectivity index (χ2n) is 6.13. The maximum atomic E-state index is 13.8. The van der Waals surface area contributed by atoms with Crippen molar-refractivity contribution in [2.24, 2.45) is 0 Å². The van der Waals surface area contributed by atoms with Gasteiger partial charge in [0.25, 0.3) is 0 Å². The Hall–Kier alpha value is -1.87. The number of rotatable bonds is 3. The number of ether oxygens (including phenoxy) is 1. The maximum absolute atomic E-state index is 13.8. The van der Waals surface area contributed by atoms with Gasteiger partial charge in [-0.2, -0.15) is 0 Å². The first-order valence-corrected chi connectivity index (χ1v) is 6.95. The lowest BCUT2D eigenvalue weighted by Crippen LogP contribution is -2.16. The van der Waals surface area contributed by atoms with Gasteiger partial charge in [0.1, 0.15) is 6.10 Å². The number of methoxy groups -OCH3 is 1. The van der Waals surface area contributed by atoms with Crippen molar-refractivity contribution in [1.82, 2.24) is 0 Å². The molecule has 0 spiro atoms. The van der Waals surface area contributed by atoms with Gasteiger partial charge in [0.05, 0.1) is 7.11 Å². The molecule has 0 radical (unpaired) electrons. The van der Waals surface area contributed by atoms with E-state index in [4.69, 9.17) is 4.74 Å². The molecule has 0 aliphatic heterocycles. The van der Waals surface area contributed by atoms with Crippen LogP contribution in [0.5, 0.6) is 5.75 Å². The summed E-state index contributed by atoms with van der Waals surface area (Å²) in [5, 5.41) is 10.6. The van der Waals surface area contributed by atoms with Crippen LogP contribution < -0.4 is 4.74 Å². The number of aliphatic hydroxyl groups is 1. The third-order valence-electron chi connectivity index (χ3n) is 3.55. The lowest BCUT2D eigenvalue weighted by molar-refractivity contribution is 0.216. The highest BCUT2D eigenvalue weighted by Crippen LogP contribution is 2.33. The van der Waals surface area contributed by atoms with E-state index in [1.165, 1.54) is 19.2 Å². The van der Waals surface area contributed by atoms with Gasteiger partial charge in [0, 0.05) is 0 Å². The van der Waals surface area contributed by atoms with Crippen LogP contribution in [0.4, 0.5) is 4.39 Å². The highest BCUT2D eigenvalue weighted by Gasteiger charge is 2.22. The van der Waals surface area contributed by atoms with Crippen LogP contribution in [0.2, 0.25) is 0 Å². The lowest BCUT2D eigenvalue weighted by Gasteiger charge is -2.25. The summed E-state index contributed by atoms with van der Waals surface area (Å²) < 4.78 is 18.7. The van der Waals surface area contributed by atoms with Gasteiger partial charge >= 0.3 is 0 Å². The van der Waals surface area contributed by atoms with Gasteiger partial charge in [-0.25, -0.2) is 4.39 Å². The molecule has 2 aromatic carbocycles. The Labute approximate surface area is 125 Å². The molecular weight excluding hydrogens is 267 g/mol. The molecule has 0 amide bonds. The SMILES string of the molecule is COc1ccc(C(O)c2ccccc2C(C)(C)C)cc1F. The average molecular weight is 288 g/mol. The van der Waals surface area contributed by atoms with E-state index in [0.717, 1.165) is 11.1 Å². The molecule has 0 bridgehead atoms. The molecule has 0 saturated heterocycles. The molecule has 0 aliphatic rings. The summed E-state index contributed by atoms with van der Waals surface area (Å²) in [6.45, 7) is 6.27. The number of halogens is 1. The Balaban J connectivity index is 2.45. The zero-order valence-corrected chi connectivity index (χ0v) is 12.9. The second kappa shape index (κ2) is 5.86. The summed E-state index contributed by atoms with van der Waals surface area (Å²) in [4.78, 5) is 0. The lowest BCUT2D eigenvalue weighted by atomic mass is 9.81. The maximum Gasteiger partial charge on any atom is 0.165 e. The van der Waals surface area contributed by atoms with Crippen LogP contribution in [0.3, 0.4) is 0 Å². The molecule has 0 aromatic heterocycles. The molecule has 112 valence electrons. The molecular formula is C18H21FO2. The highest BCUT2D eigenvalue weighted by molar-refractivity contribution is 5.41. The predicted molar refractivity (Wildman–Crippen MR) is 82.2 cm³/mol. The van der Waals surface area contributed by atoms with Crippen molar-refractivity contribution in [3.63, 3.8) is 0 Å². The van der Waals surface area contributed by atoms with Crippen molar-refractivity contribution in [1.29, 1.82) is 0 Å². The fourth-order valence-electron chi connectivity index (χ4n) is 2.45. The molecule has 1 atom stereocenters. The molecule has 2 rings (SSSR count). The normalized spacial score (nSPS) is 13.0. The fourth-order valence-corrected chi connectivity index (χ4v) is 2.45. The van der Waals surface area contributed by atoms with Crippen molar-refractivity contribution in [2.75, 3.05) is 7.11 Å². The Morgan fingerprint density at radius 2 is 1.76 bits per heavy atom. The van der Waals surface area contributed by atoms with E-state index < -0.39 is 11.9 Å². The van der Waals surface area contributed by atoms with Crippen molar-refractivity contribution in [2.45, 2.75) is 32.3 Å². The van der Waals surface area contributed by atoms with Gasteiger partial charge in [0.2, 0.25) is 0 Å². The fraction of sp³-hybridized carbons (Fsp3) is 0.333. The van der Waals surface area contributed by atoms with Gasteiger partial charge in [0.15, 0.2) is 11.6 Å². The Bertz CT molecular complexity index is 629. The first-order chi connectivity index (χ1) is 9.84. The quantitative estimate of drug-likeness (QED) is 0.916. The molecule has 3 heteroatoms. The minimum Gasteiger partial charge on any atom is -0.494 e. The van der Waals surface area contributed by atoms with E-state index in [0.29, 0.717) is 5.56 Å². The van der Waals surface area contributed by atoms with Gasteiger partial charge in [-0.15, -0.1) is 0 Å². The zero-order valence-electron chi connectivity index (χ0n) is 12.9. The van der Waals surface area contributed by atoms with Crippen LogP contribution in [0, 0.1) is 5.82 Å². The molecule has 0 aliphatic carbocycles. The molecule has 2 nitrogen and oxygen atoms in total. The summed E-state index contributed by atoms with van der Waals surface area (Å²) in [5.74, 6) is -0.294. The van der Waals surface area contributed by atoms with Crippen molar-refractivity contribution >= 4 is 0 Å². The van der Waals surface area contributed by atoms with Crippen LogP contribution in [0.15, 0.2) is 42.5 Å². The van der Waals surface area contributed by atoms with Crippen molar-refractivity contribution < 1.29 is 14.2 Å². The molecule has 0 fully saturated rings. The van der Waals surface area contributed by atoms with Gasteiger partial charge in [-0.05, 0) is 34.2 Å². The predicted octanol–water partition coefficient (Wildman–Crippen LogP) is 4.21. The van der Waals surface area contributed by atoms with Gasteiger partial charge < -0.3 is 9.84 Å². The van der Waals surface area contributed by atoms with E-state index in [-0.39, 0.29) is 11.2 Å². The molecule has 0 heterocycles. The molecule has 0 saturated carbocycles. The van der Waals surface area contributed by atoms with E-state index >= 15 is 0 Å². The van der Waals surface area contributed by atoms with E-state index in [1.807, 2.05) is 24.3 Å². The smallest absolute Gasteiger partial charge is 0.165 e. The standard InChI is InChI=1S/C18H21FO2/c1-18(2,3)14-8-6-5-7-13(14)17(20)12-9-10-16(21-4)15(19)11-12/h5-11,17,20H,1-4H3. The van der Waals surface area contributed by atoms with E-state index in [2.05, 4.69) is 20.8 Å². The van der Waals surface area contributed by atoms with Crippen molar-refractivity contribution in [3.05, 3.63) is 65.0 Å². The second-order valence-corrected chi connectivity index (χ2v) is 6.13. The summed E-state index contributed by atoms with van der Waals surface area (Å²) in [5.41, 5.74) is 2.27. The number of hydrogen-bond donors (Lipinski definition) is 1. The minimum absolute atomic E-state index is 0.0947. The van der Waals surface area contributed by atoms with Crippen LogP contribution in [0.25, 0.3) is 0 Å². The molecule has 1 unspecified atom stereocenters. The Morgan fingerprint density at radius 3 is 2.33 bits per heavy atom. The Kier molecular flexibility index (Phi) is 4.33. The van der Waals surface area contributed by atoms with Crippen LogP contribution in [0.1, 0.15) is 43.6 Å². The topological polar surface area (TPSA) is 29.5 Å². The summed E-state index contributed by atoms with van der Waals surface area (Å²) >= 11 is 0. The summed E-state index contributed by atoms with van der Waals surface area (Å²) in [7, 11) is 1.42. The van der Waals surface area contributed by atoms with E-state index in [1.54, 1.807) is 6.07 Å². The van der Waals surface area contributed by atoms with Gasteiger partial charge in [-0.3, -0.25) is 0 Å². The molecule has 2 aromatic rings. The van der Waals surface area contributed by atoms with Gasteiger partial charge in [-0.1, -0.05) is 51.1 Å².